The molecule has 1 amide bonds. The number of hydrogen-bond donors (Lipinski definition) is 1. The Morgan fingerprint density at radius 1 is 0.969 bits per heavy atom. The van der Waals surface area contributed by atoms with Gasteiger partial charge in [0, 0.05) is 16.6 Å². The van der Waals surface area contributed by atoms with Crippen molar-refractivity contribution in [1.82, 2.24) is 9.97 Å². The molecule has 0 atom stereocenters. The van der Waals surface area contributed by atoms with Crippen LogP contribution in [-0.4, -0.2) is 23.0 Å². The molecule has 0 radical (unpaired) electrons. The predicted molar refractivity (Wildman–Crippen MR) is 115 cm³/mol. The molecule has 0 saturated carbocycles. The van der Waals surface area contributed by atoms with Crippen LogP contribution < -0.4 is 10.1 Å². The number of hydrogen-bond acceptors (Lipinski definition) is 4. The minimum Gasteiger partial charge on any atom is -0.497 e. The van der Waals surface area contributed by atoms with Gasteiger partial charge in [0.2, 0.25) is 5.91 Å². The topological polar surface area (TPSA) is 64.1 Å². The van der Waals surface area contributed by atoms with E-state index in [0.717, 1.165) is 34.3 Å². The van der Waals surface area contributed by atoms with Gasteiger partial charge >= 0.3 is 6.18 Å². The molecular weight excluding hydrogens is 419 g/mol. The van der Waals surface area contributed by atoms with E-state index in [-0.39, 0.29) is 12.3 Å². The van der Waals surface area contributed by atoms with Crippen LogP contribution in [-0.2, 0) is 17.4 Å². The lowest BCUT2D eigenvalue weighted by molar-refractivity contribution is -0.137. The Balaban J connectivity index is 1.47. The maximum atomic E-state index is 12.7. The van der Waals surface area contributed by atoms with Crippen LogP contribution in [0.5, 0.6) is 5.75 Å². The number of methoxy groups -OCH3 is 1. The molecule has 4 aromatic rings. The number of benzene rings is 3. The molecule has 0 unspecified atom stereocenters. The molecular formula is C24H18F3N3O2. The lowest BCUT2D eigenvalue weighted by Gasteiger charge is -2.10. The monoisotopic (exact) mass is 437 g/mol. The smallest absolute Gasteiger partial charge is 0.416 e. The van der Waals surface area contributed by atoms with E-state index in [1.165, 1.54) is 18.5 Å². The summed E-state index contributed by atoms with van der Waals surface area (Å²) < 4.78 is 43.3. The van der Waals surface area contributed by atoms with Gasteiger partial charge in [-0.25, -0.2) is 9.97 Å². The number of halogens is 3. The summed E-state index contributed by atoms with van der Waals surface area (Å²) in [5.74, 6) is 0.371. The van der Waals surface area contributed by atoms with Crippen LogP contribution in [0.3, 0.4) is 0 Å². The van der Waals surface area contributed by atoms with E-state index in [1.54, 1.807) is 19.2 Å². The fourth-order valence-corrected chi connectivity index (χ4v) is 3.31. The zero-order chi connectivity index (χ0) is 22.7. The van der Waals surface area contributed by atoms with Crippen LogP contribution in [0.1, 0.15) is 11.1 Å². The van der Waals surface area contributed by atoms with Crippen molar-refractivity contribution in [2.75, 3.05) is 12.4 Å². The Bertz CT molecular complexity index is 1250. The third kappa shape index (κ3) is 4.69. The van der Waals surface area contributed by atoms with Crippen LogP contribution in [0.2, 0.25) is 0 Å². The first-order valence-corrected chi connectivity index (χ1v) is 9.68. The molecule has 32 heavy (non-hydrogen) atoms. The molecule has 0 aliphatic rings. The average molecular weight is 437 g/mol. The van der Waals surface area contributed by atoms with Crippen molar-refractivity contribution in [3.05, 3.63) is 84.2 Å². The number of aromatic nitrogens is 2. The standard InChI is InChI=1S/C24H18F3N3O2/c1-32-19-10-11-21-20(13-19)23(29-14-28-21)16-4-8-18(9-5-16)30-22(31)12-15-2-6-17(7-3-15)24(25,26)27/h2-11,13-14H,12H2,1H3,(H,30,31). The quantitative estimate of drug-likeness (QED) is 0.448. The Hall–Kier alpha value is -3.94. The molecule has 0 aliphatic heterocycles. The van der Waals surface area contributed by atoms with E-state index < -0.39 is 11.7 Å². The highest BCUT2D eigenvalue weighted by molar-refractivity contribution is 5.95. The van der Waals surface area contributed by atoms with E-state index in [2.05, 4.69) is 15.3 Å². The van der Waals surface area contributed by atoms with E-state index in [0.29, 0.717) is 17.0 Å². The molecule has 5 nitrogen and oxygen atoms in total. The Labute approximate surface area is 181 Å². The van der Waals surface area contributed by atoms with E-state index in [9.17, 15) is 18.0 Å². The second kappa shape index (κ2) is 8.66. The zero-order valence-electron chi connectivity index (χ0n) is 17.0. The highest BCUT2D eigenvalue weighted by Gasteiger charge is 2.29. The maximum absolute atomic E-state index is 12.7. The lowest BCUT2D eigenvalue weighted by atomic mass is 10.1. The van der Waals surface area contributed by atoms with Crippen molar-refractivity contribution in [3.8, 4) is 17.0 Å². The first kappa shape index (κ1) is 21.3. The summed E-state index contributed by atoms with van der Waals surface area (Å²) in [6, 6.07) is 17.2. The zero-order valence-corrected chi connectivity index (χ0v) is 17.0. The molecule has 0 saturated heterocycles. The third-order valence-corrected chi connectivity index (χ3v) is 4.93. The molecule has 8 heteroatoms. The largest absolute Gasteiger partial charge is 0.497 e. The number of rotatable bonds is 5. The summed E-state index contributed by atoms with van der Waals surface area (Å²) in [7, 11) is 1.59. The lowest BCUT2D eigenvalue weighted by Crippen LogP contribution is -2.14. The molecule has 4 rings (SSSR count). The molecule has 1 heterocycles. The molecule has 1 N–H and O–H groups in total. The number of anilines is 1. The summed E-state index contributed by atoms with van der Waals surface area (Å²) in [6.07, 6.45) is -2.94. The van der Waals surface area contributed by atoms with Crippen LogP contribution in [0.4, 0.5) is 18.9 Å². The van der Waals surface area contributed by atoms with Gasteiger partial charge in [0.1, 0.15) is 12.1 Å². The van der Waals surface area contributed by atoms with Crippen molar-refractivity contribution in [1.29, 1.82) is 0 Å². The number of carbonyl (C=O) groups is 1. The minimum atomic E-state index is -4.40. The number of ether oxygens (including phenoxy) is 1. The first-order chi connectivity index (χ1) is 15.3. The van der Waals surface area contributed by atoms with E-state index in [1.807, 2.05) is 30.3 Å². The third-order valence-electron chi connectivity index (χ3n) is 4.93. The van der Waals surface area contributed by atoms with Gasteiger partial charge in [-0.1, -0.05) is 24.3 Å². The fraction of sp³-hybridized carbons (Fsp3) is 0.125. The Morgan fingerprint density at radius 3 is 2.34 bits per heavy atom. The first-order valence-electron chi connectivity index (χ1n) is 9.68. The number of amides is 1. The Kier molecular flexibility index (Phi) is 5.77. The number of carbonyl (C=O) groups excluding carboxylic acids is 1. The van der Waals surface area contributed by atoms with Gasteiger partial charge in [-0.15, -0.1) is 0 Å². The van der Waals surface area contributed by atoms with Crippen LogP contribution in [0.25, 0.3) is 22.2 Å². The van der Waals surface area contributed by atoms with Gasteiger partial charge in [-0.3, -0.25) is 4.79 Å². The summed E-state index contributed by atoms with van der Waals surface area (Å²) >= 11 is 0. The summed E-state index contributed by atoms with van der Waals surface area (Å²) in [5.41, 5.74) is 2.68. The van der Waals surface area contributed by atoms with Crippen LogP contribution in [0, 0.1) is 0 Å². The van der Waals surface area contributed by atoms with Crippen molar-refractivity contribution >= 4 is 22.5 Å². The van der Waals surface area contributed by atoms with Gasteiger partial charge in [-0.2, -0.15) is 13.2 Å². The average Bonchev–Trinajstić information content (AvgIpc) is 2.78. The summed E-state index contributed by atoms with van der Waals surface area (Å²) in [4.78, 5) is 21.0. The van der Waals surface area contributed by atoms with Crippen molar-refractivity contribution in [2.45, 2.75) is 12.6 Å². The number of alkyl halides is 3. The van der Waals surface area contributed by atoms with Gasteiger partial charge in [0.05, 0.1) is 30.3 Å². The van der Waals surface area contributed by atoms with Crippen LogP contribution in [0.15, 0.2) is 73.1 Å². The highest BCUT2D eigenvalue weighted by atomic mass is 19.4. The molecule has 162 valence electrons. The van der Waals surface area contributed by atoms with Gasteiger partial charge in [0.25, 0.3) is 0 Å². The number of nitrogens with zero attached hydrogens (tertiary/aromatic N) is 2. The molecule has 0 fully saturated rings. The second-order valence-corrected chi connectivity index (χ2v) is 7.10. The van der Waals surface area contributed by atoms with Gasteiger partial charge in [-0.05, 0) is 48.0 Å². The van der Waals surface area contributed by atoms with E-state index >= 15 is 0 Å². The second-order valence-electron chi connectivity index (χ2n) is 7.10. The predicted octanol–water partition coefficient (Wildman–Crippen LogP) is 5.51. The SMILES string of the molecule is COc1ccc2ncnc(-c3ccc(NC(=O)Cc4ccc(C(F)(F)F)cc4)cc3)c2c1. The highest BCUT2D eigenvalue weighted by Crippen LogP contribution is 2.30. The number of nitrogens with one attached hydrogen (secondary N) is 1. The van der Waals surface area contributed by atoms with Crippen LogP contribution >= 0.6 is 0 Å². The molecule has 0 spiro atoms. The normalized spacial score (nSPS) is 11.4. The maximum Gasteiger partial charge on any atom is 0.416 e. The summed E-state index contributed by atoms with van der Waals surface area (Å²) in [6.45, 7) is 0. The Morgan fingerprint density at radius 2 is 1.69 bits per heavy atom. The molecule has 0 bridgehead atoms. The number of fused-ring (bicyclic) bond motifs is 1. The van der Waals surface area contributed by atoms with Gasteiger partial charge < -0.3 is 10.1 Å². The molecule has 0 aliphatic carbocycles. The van der Waals surface area contributed by atoms with Crippen molar-refractivity contribution in [3.63, 3.8) is 0 Å². The summed E-state index contributed by atoms with van der Waals surface area (Å²) in [5, 5.41) is 3.59. The van der Waals surface area contributed by atoms with Gasteiger partial charge in [0.15, 0.2) is 0 Å². The fourth-order valence-electron chi connectivity index (χ4n) is 3.31. The van der Waals surface area contributed by atoms with Crippen molar-refractivity contribution in [2.24, 2.45) is 0 Å². The van der Waals surface area contributed by atoms with E-state index in [4.69, 9.17) is 4.74 Å². The molecule has 1 aromatic heterocycles. The molecule has 3 aromatic carbocycles. The minimum absolute atomic E-state index is 0.0315. The van der Waals surface area contributed by atoms with Crippen molar-refractivity contribution < 1.29 is 22.7 Å².